The van der Waals surface area contributed by atoms with E-state index in [1.165, 1.54) is 0 Å². The summed E-state index contributed by atoms with van der Waals surface area (Å²) in [6.45, 7) is 4.03. The molecule has 1 aromatic rings. The Hall–Kier alpha value is -0.250. The molecule has 0 aliphatic carbocycles. The van der Waals surface area contributed by atoms with Gasteiger partial charge in [-0.3, -0.25) is 4.79 Å². The maximum atomic E-state index is 12.2. The summed E-state index contributed by atoms with van der Waals surface area (Å²) in [7, 11) is 0. The molecule has 0 saturated heterocycles. The molecule has 0 saturated carbocycles. The van der Waals surface area contributed by atoms with Crippen molar-refractivity contribution in [3.8, 4) is 0 Å². The van der Waals surface area contributed by atoms with Gasteiger partial charge in [0.05, 0.1) is 5.54 Å². The van der Waals surface area contributed by atoms with Crippen LogP contribution in [0.15, 0.2) is 22.7 Å². The Labute approximate surface area is 126 Å². The van der Waals surface area contributed by atoms with E-state index in [0.29, 0.717) is 16.5 Å². The molecule has 0 aliphatic heterocycles. The van der Waals surface area contributed by atoms with Crippen molar-refractivity contribution in [1.82, 2.24) is 5.32 Å². The molecule has 0 radical (unpaired) electrons. The largest absolute Gasteiger partial charge is 0.345 e. The smallest absolute Gasteiger partial charge is 0.251 e. The minimum Gasteiger partial charge on any atom is -0.345 e. The van der Waals surface area contributed by atoms with E-state index in [1.807, 2.05) is 13.8 Å². The molecule has 0 bridgehead atoms. The van der Waals surface area contributed by atoms with E-state index in [-0.39, 0.29) is 11.4 Å². The van der Waals surface area contributed by atoms with Gasteiger partial charge in [0.15, 0.2) is 0 Å². The highest BCUT2D eigenvalue weighted by molar-refractivity contribution is 9.10. The van der Waals surface area contributed by atoms with E-state index in [0.717, 1.165) is 17.3 Å². The van der Waals surface area contributed by atoms with E-state index < -0.39 is 0 Å². The van der Waals surface area contributed by atoms with E-state index in [9.17, 15) is 4.79 Å². The summed E-state index contributed by atoms with van der Waals surface area (Å²) in [5.74, 6) is 0.246. The second kappa shape index (κ2) is 6.78. The first kappa shape index (κ1) is 15.8. The Kier molecular flexibility index (Phi) is 5.96. The average molecular weight is 353 g/mol. The number of carbonyl (C=O) groups is 1. The first-order valence-corrected chi connectivity index (χ1v) is 7.51. The standard InChI is InChI=1S/C13H16BrCl2NO/c1-3-13(4-2,8-15)17-12(18)9-5-10(14)7-11(16)6-9/h5-7H,3-4,8H2,1-2H3,(H,17,18). The van der Waals surface area contributed by atoms with Crippen molar-refractivity contribution in [2.45, 2.75) is 32.2 Å². The molecule has 0 spiro atoms. The monoisotopic (exact) mass is 351 g/mol. The molecule has 2 nitrogen and oxygen atoms in total. The maximum absolute atomic E-state index is 12.2. The minimum atomic E-state index is -0.354. The molecule has 0 atom stereocenters. The molecule has 0 aromatic heterocycles. The van der Waals surface area contributed by atoms with Crippen molar-refractivity contribution in [2.75, 3.05) is 5.88 Å². The van der Waals surface area contributed by atoms with Gasteiger partial charge in [-0.1, -0.05) is 41.4 Å². The third-order valence-corrected chi connectivity index (χ3v) is 4.30. The van der Waals surface area contributed by atoms with Gasteiger partial charge in [-0.15, -0.1) is 11.6 Å². The quantitative estimate of drug-likeness (QED) is 0.769. The number of benzene rings is 1. The van der Waals surface area contributed by atoms with Crippen molar-refractivity contribution in [1.29, 1.82) is 0 Å². The normalized spacial score (nSPS) is 11.4. The zero-order valence-corrected chi connectivity index (χ0v) is 13.5. The van der Waals surface area contributed by atoms with Crippen LogP contribution in [0.25, 0.3) is 0 Å². The van der Waals surface area contributed by atoms with Gasteiger partial charge in [-0.25, -0.2) is 0 Å². The number of hydrogen-bond acceptors (Lipinski definition) is 1. The van der Waals surface area contributed by atoms with Gasteiger partial charge in [0, 0.05) is 20.9 Å². The molecule has 0 heterocycles. The number of hydrogen-bond donors (Lipinski definition) is 1. The van der Waals surface area contributed by atoms with Gasteiger partial charge in [-0.05, 0) is 31.0 Å². The summed E-state index contributed by atoms with van der Waals surface area (Å²) < 4.78 is 0.782. The van der Waals surface area contributed by atoms with Gasteiger partial charge in [0.1, 0.15) is 0 Å². The summed E-state index contributed by atoms with van der Waals surface area (Å²) in [4.78, 5) is 12.2. The number of nitrogens with one attached hydrogen (secondary N) is 1. The van der Waals surface area contributed by atoms with E-state index >= 15 is 0 Å². The van der Waals surface area contributed by atoms with Gasteiger partial charge in [0.2, 0.25) is 0 Å². The summed E-state index contributed by atoms with van der Waals surface area (Å²) in [5, 5.41) is 3.53. The number of amides is 1. The minimum absolute atomic E-state index is 0.150. The topological polar surface area (TPSA) is 29.1 Å². The van der Waals surface area contributed by atoms with Crippen molar-refractivity contribution < 1.29 is 4.79 Å². The predicted molar refractivity (Wildman–Crippen MR) is 80.7 cm³/mol. The van der Waals surface area contributed by atoms with Crippen LogP contribution in [0.1, 0.15) is 37.0 Å². The fraction of sp³-hybridized carbons (Fsp3) is 0.462. The molecule has 100 valence electrons. The van der Waals surface area contributed by atoms with Crippen LogP contribution in [0.2, 0.25) is 5.02 Å². The first-order chi connectivity index (χ1) is 8.46. The Balaban J connectivity index is 2.94. The van der Waals surface area contributed by atoms with E-state index in [4.69, 9.17) is 23.2 Å². The average Bonchev–Trinajstić information content (AvgIpc) is 2.35. The lowest BCUT2D eigenvalue weighted by Gasteiger charge is -2.30. The summed E-state index contributed by atoms with van der Waals surface area (Å²) >= 11 is 15.2. The molecule has 18 heavy (non-hydrogen) atoms. The third-order valence-electron chi connectivity index (χ3n) is 3.11. The molecule has 0 fully saturated rings. The predicted octanol–water partition coefficient (Wildman–Crippen LogP) is 4.63. The third kappa shape index (κ3) is 3.87. The van der Waals surface area contributed by atoms with Crippen LogP contribution in [-0.2, 0) is 0 Å². The highest BCUT2D eigenvalue weighted by atomic mass is 79.9. The fourth-order valence-corrected chi connectivity index (χ4v) is 2.95. The fourth-order valence-electron chi connectivity index (χ4n) is 1.65. The van der Waals surface area contributed by atoms with Crippen molar-refractivity contribution >= 4 is 45.0 Å². The lowest BCUT2D eigenvalue weighted by Crippen LogP contribution is -2.49. The van der Waals surface area contributed by atoms with Crippen LogP contribution in [0, 0.1) is 0 Å². The maximum Gasteiger partial charge on any atom is 0.251 e. The molecule has 0 unspecified atom stereocenters. The summed E-state index contributed by atoms with van der Waals surface area (Å²) in [6.07, 6.45) is 1.58. The van der Waals surface area contributed by atoms with Gasteiger partial charge in [0.25, 0.3) is 5.91 Å². The molecule has 1 N–H and O–H groups in total. The van der Waals surface area contributed by atoms with Gasteiger partial charge >= 0.3 is 0 Å². The van der Waals surface area contributed by atoms with E-state index in [1.54, 1.807) is 18.2 Å². The van der Waals surface area contributed by atoms with Crippen molar-refractivity contribution in [3.05, 3.63) is 33.3 Å². The molecule has 0 aliphatic rings. The molecular weight excluding hydrogens is 337 g/mol. The van der Waals surface area contributed by atoms with Crippen LogP contribution in [0.3, 0.4) is 0 Å². The molecule has 5 heteroatoms. The Morgan fingerprint density at radius 2 is 1.94 bits per heavy atom. The zero-order chi connectivity index (χ0) is 13.8. The summed E-state index contributed by atoms with van der Waals surface area (Å²) in [5.41, 5.74) is 0.179. The second-order valence-electron chi connectivity index (χ2n) is 4.23. The first-order valence-electron chi connectivity index (χ1n) is 5.81. The van der Waals surface area contributed by atoms with Crippen LogP contribution >= 0.6 is 39.1 Å². The highest BCUT2D eigenvalue weighted by Gasteiger charge is 2.27. The molecule has 1 rings (SSSR count). The van der Waals surface area contributed by atoms with Crippen LogP contribution in [-0.4, -0.2) is 17.3 Å². The number of rotatable bonds is 5. The second-order valence-corrected chi connectivity index (χ2v) is 5.85. The lowest BCUT2D eigenvalue weighted by molar-refractivity contribution is 0.0902. The Morgan fingerprint density at radius 1 is 1.33 bits per heavy atom. The highest BCUT2D eigenvalue weighted by Crippen LogP contribution is 2.22. The van der Waals surface area contributed by atoms with Crippen molar-refractivity contribution in [3.63, 3.8) is 0 Å². The molecule has 1 aromatic carbocycles. The van der Waals surface area contributed by atoms with Crippen LogP contribution in [0.4, 0.5) is 0 Å². The summed E-state index contributed by atoms with van der Waals surface area (Å²) in [6, 6.07) is 5.13. The lowest BCUT2D eigenvalue weighted by atomic mass is 9.94. The molecule has 1 amide bonds. The van der Waals surface area contributed by atoms with Crippen LogP contribution in [0.5, 0.6) is 0 Å². The Bertz CT molecular complexity index is 404. The molecular formula is C13H16BrCl2NO. The van der Waals surface area contributed by atoms with Gasteiger partial charge < -0.3 is 5.32 Å². The number of carbonyl (C=O) groups excluding carboxylic acids is 1. The number of halogens is 3. The SMILES string of the molecule is CCC(CC)(CCl)NC(=O)c1cc(Cl)cc(Br)c1. The van der Waals surface area contributed by atoms with Crippen LogP contribution < -0.4 is 5.32 Å². The van der Waals surface area contributed by atoms with Crippen molar-refractivity contribution in [2.24, 2.45) is 0 Å². The number of alkyl halides is 1. The van der Waals surface area contributed by atoms with E-state index in [2.05, 4.69) is 21.2 Å². The van der Waals surface area contributed by atoms with Gasteiger partial charge in [-0.2, -0.15) is 0 Å². The zero-order valence-electron chi connectivity index (χ0n) is 10.4. The Morgan fingerprint density at radius 3 is 2.39 bits per heavy atom.